The molecule has 6 nitrogen and oxygen atoms in total. The number of carbonyl (C=O) groups excluding carboxylic acids is 2. The van der Waals surface area contributed by atoms with E-state index >= 15 is 0 Å². The molecule has 2 N–H and O–H groups in total. The average molecular weight is 356 g/mol. The van der Waals surface area contributed by atoms with Crippen LogP contribution >= 0.6 is 0 Å². The Bertz CT molecular complexity index is 770. The molecule has 2 amide bonds. The zero-order valence-corrected chi connectivity index (χ0v) is 15.5. The first-order valence-corrected chi connectivity index (χ1v) is 8.36. The van der Waals surface area contributed by atoms with Crippen molar-refractivity contribution in [3.05, 3.63) is 53.6 Å². The van der Waals surface area contributed by atoms with E-state index in [9.17, 15) is 9.59 Å². The fraction of sp³-hybridized carbons (Fsp3) is 0.300. The second-order valence-corrected chi connectivity index (χ2v) is 6.10. The highest BCUT2D eigenvalue weighted by atomic mass is 16.5. The van der Waals surface area contributed by atoms with Crippen LogP contribution in [0.4, 0.5) is 11.4 Å². The first-order valence-electron chi connectivity index (χ1n) is 8.36. The molecule has 0 aliphatic heterocycles. The van der Waals surface area contributed by atoms with Crippen LogP contribution < -0.4 is 15.4 Å². The molecule has 26 heavy (non-hydrogen) atoms. The van der Waals surface area contributed by atoms with Crippen LogP contribution in [0.5, 0.6) is 5.75 Å². The highest BCUT2D eigenvalue weighted by Gasteiger charge is 2.11. The number of nitrogens with one attached hydrogen (secondary N) is 2. The maximum Gasteiger partial charge on any atom is 0.255 e. The van der Waals surface area contributed by atoms with Crippen molar-refractivity contribution < 1.29 is 19.1 Å². The summed E-state index contributed by atoms with van der Waals surface area (Å²) in [6.07, 6.45) is 0.0827. The molecule has 2 aromatic carbocycles. The van der Waals surface area contributed by atoms with E-state index in [-0.39, 0.29) is 17.9 Å². The molecule has 0 radical (unpaired) electrons. The highest BCUT2D eigenvalue weighted by Crippen LogP contribution is 2.22. The topological polar surface area (TPSA) is 76.7 Å². The van der Waals surface area contributed by atoms with Gasteiger partial charge in [-0.15, -0.1) is 0 Å². The molecule has 0 saturated heterocycles. The fourth-order valence-corrected chi connectivity index (χ4v) is 2.33. The van der Waals surface area contributed by atoms with E-state index in [1.807, 2.05) is 13.8 Å². The van der Waals surface area contributed by atoms with Crippen LogP contribution in [0.2, 0.25) is 0 Å². The van der Waals surface area contributed by atoms with E-state index in [0.717, 1.165) is 5.56 Å². The standard InChI is InChI=1S/C20H24N2O4/c1-13(2)26-12-16-11-15(5-10-19(16)25-4)20(24)22-18-8-6-17(7-9-18)21-14(3)23/h5-11,13H,12H2,1-4H3,(H,21,23)(H,22,24). The zero-order valence-electron chi connectivity index (χ0n) is 15.5. The maximum absolute atomic E-state index is 12.5. The van der Waals surface area contributed by atoms with Crippen molar-refractivity contribution in [3.63, 3.8) is 0 Å². The summed E-state index contributed by atoms with van der Waals surface area (Å²) in [7, 11) is 1.59. The number of methoxy groups -OCH3 is 1. The van der Waals surface area contributed by atoms with Gasteiger partial charge in [-0.3, -0.25) is 9.59 Å². The zero-order chi connectivity index (χ0) is 19.1. The largest absolute Gasteiger partial charge is 0.496 e. The van der Waals surface area contributed by atoms with E-state index < -0.39 is 0 Å². The van der Waals surface area contributed by atoms with Gasteiger partial charge in [-0.1, -0.05) is 0 Å². The molecule has 0 heterocycles. The molecular formula is C20H24N2O4. The summed E-state index contributed by atoms with van der Waals surface area (Å²) in [6, 6.07) is 12.2. The molecule has 0 saturated carbocycles. The van der Waals surface area contributed by atoms with Crippen molar-refractivity contribution in [3.8, 4) is 5.75 Å². The van der Waals surface area contributed by atoms with Crippen molar-refractivity contribution in [2.45, 2.75) is 33.5 Å². The number of benzene rings is 2. The summed E-state index contributed by atoms with van der Waals surface area (Å²) in [6.45, 7) is 5.72. The number of carbonyl (C=O) groups is 2. The molecule has 0 aliphatic carbocycles. The minimum atomic E-state index is -0.231. The van der Waals surface area contributed by atoms with E-state index in [0.29, 0.717) is 29.3 Å². The van der Waals surface area contributed by atoms with E-state index in [2.05, 4.69) is 10.6 Å². The highest BCUT2D eigenvalue weighted by molar-refractivity contribution is 6.04. The number of hydrogen-bond donors (Lipinski definition) is 2. The summed E-state index contributed by atoms with van der Waals surface area (Å²) in [5.74, 6) is 0.309. The van der Waals surface area contributed by atoms with Crippen molar-refractivity contribution in [2.24, 2.45) is 0 Å². The molecule has 0 unspecified atom stereocenters. The summed E-state index contributed by atoms with van der Waals surface area (Å²) in [4.78, 5) is 23.5. The van der Waals surface area contributed by atoms with Crippen LogP contribution in [0.3, 0.4) is 0 Å². The van der Waals surface area contributed by atoms with Gasteiger partial charge in [0.2, 0.25) is 5.91 Å². The van der Waals surface area contributed by atoms with Crippen LogP contribution in [0.1, 0.15) is 36.7 Å². The Morgan fingerprint density at radius 2 is 1.62 bits per heavy atom. The Morgan fingerprint density at radius 3 is 2.15 bits per heavy atom. The second-order valence-electron chi connectivity index (χ2n) is 6.10. The molecule has 6 heteroatoms. The lowest BCUT2D eigenvalue weighted by molar-refractivity contribution is -0.114. The minimum Gasteiger partial charge on any atom is -0.496 e. The normalized spacial score (nSPS) is 10.5. The molecule has 0 bridgehead atoms. The molecule has 0 spiro atoms. The minimum absolute atomic E-state index is 0.0827. The Morgan fingerprint density at radius 1 is 1.00 bits per heavy atom. The molecular weight excluding hydrogens is 332 g/mol. The predicted molar refractivity (Wildman–Crippen MR) is 102 cm³/mol. The quantitative estimate of drug-likeness (QED) is 0.790. The Hall–Kier alpha value is -2.86. The fourth-order valence-electron chi connectivity index (χ4n) is 2.33. The van der Waals surface area contributed by atoms with Gasteiger partial charge < -0.3 is 20.1 Å². The molecule has 0 fully saturated rings. The van der Waals surface area contributed by atoms with Crippen molar-refractivity contribution in [2.75, 3.05) is 17.7 Å². The number of ether oxygens (including phenoxy) is 2. The summed E-state index contributed by atoms with van der Waals surface area (Å²) in [5.41, 5.74) is 2.64. The molecule has 2 aromatic rings. The molecule has 0 atom stereocenters. The number of anilines is 2. The van der Waals surface area contributed by atoms with Gasteiger partial charge in [-0.2, -0.15) is 0 Å². The Balaban J connectivity index is 2.11. The van der Waals surface area contributed by atoms with Crippen LogP contribution in [-0.4, -0.2) is 25.0 Å². The van der Waals surface area contributed by atoms with Gasteiger partial charge in [0.25, 0.3) is 5.91 Å². The summed E-state index contributed by atoms with van der Waals surface area (Å²) < 4.78 is 11.0. The van der Waals surface area contributed by atoms with Crippen molar-refractivity contribution in [1.82, 2.24) is 0 Å². The van der Waals surface area contributed by atoms with E-state index in [1.165, 1.54) is 6.92 Å². The monoisotopic (exact) mass is 356 g/mol. The third-order valence-corrected chi connectivity index (χ3v) is 3.58. The first-order chi connectivity index (χ1) is 12.4. The van der Waals surface area contributed by atoms with Crippen LogP contribution in [0, 0.1) is 0 Å². The predicted octanol–water partition coefficient (Wildman–Crippen LogP) is 3.83. The van der Waals surface area contributed by atoms with Gasteiger partial charge >= 0.3 is 0 Å². The lowest BCUT2D eigenvalue weighted by Crippen LogP contribution is -2.13. The first kappa shape index (κ1) is 19.5. The van der Waals surface area contributed by atoms with E-state index in [1.54, 1.807) is 49.6 Å². The van der Waals surface area contributed by atoms with Crippen molar-refractivity contribution in [1.29, 1.82) is 0 Å². The molecule has 2 rings (SSSR count). The lowest BCUT2D eigenvalue weighted by atomic mass is 10.1. The van der Waals surface area contributed by atoms with Crippen molar-refractivity contribution >= 4 is 23.2 Å². The van der Waals surface area contributed by atoms with E-state index in [4.69, 9.17) is 9.47 Å². The number of hydrogen-bond acceptors (Lipinski definition) is 4. The third kappa shape index (κ3) is 5.60. The molecule has 138 valence electrons. The van der Waals surface area contributed by atoms with Gasteiger partial charge in [0.15, 0.2) is 0 Å². The van der Waals surface area contributed by atoms with Crippen LogP contribution in [-0.2, 0) is 16.1 Å². The number of rotatable bonds is 7. The SMILES string of the molecule is COc1ccc(C(=O)Nc2ccc(NC(C)=O)cc2)cc1COC(C)C. The van der Waals surface area contributed by atoms with Gasteiger partial charge in [0.05, 0.1) is 19.8 Å². The summed E-state index contributed by atoms with van der Waals surface area (Å²) >= 11 is 0. The van der Waals surface area contributed by atoms with Gasteiger partial charge in [-0.25, -0.2) is 0 Å². The Kier molecular flexibility index (Phi) is 6.74. The van der Waals surface area contributed by atoms with Crippen LogP contribution in [0.15, 0.2) is 42.5 Å². The molecule has 0 aromatic heterocycles. The van der Waals surface area contributed by atoms with Crippen LogP contribution in [0.25, 0.3) is 0 Å². The smallest absolute Gasteiger partial charge is 0.255 e. The lowest BCUT2D eigenvalue weighted by Gasteiger charge is -2.13. The average Bonchev–Trinajstić information content (AvgIpc) is 2.60. The number of amides is 2. The van der Waals surface area contributed by atoms with Gasteiger partial charge in [0, 0.05) is 29.4 Å². The second kappa shape index (κ2) is 9.01. The summed E-state index contributed by atoms with van der Waals surface area (Å²) in [5, 5.41) is 5.52. The molecule has 0 aliphatic rings. The third-order valence-electron chi connectivity index (χ3n) is 3.58. The Labute approximate surface area is 153 Å². The van der Waals surface area contributed by atoms with Gasteiger partial charge in [0.1, 0.15) is 5.75 Å². The van der Waals surface area contributed by atoms with Gasteiger partial charge in [-0.05, 0) is 56.3 Å². The maximum atomic E-state index is 12.5.